The van der Waals surface area contributed by atoms with Crippen LogP contribution in [0, 0.1) is 5.82 Å². The van der Waals surface area contributed by atoms with Crippen molar-refractivity contribution in [3.8, 4) is 5.75 Å². The van der Waals surface area contributed by atoms with E-state index in [0.29, 0.717) is 11.5 Å². The number of ether oxygens (including phenoxy) is 1. The molecule has 2 N–H and O–H groups in total. The molecule has 1 aromatic heterocycles. The molecule has 0 bridgehead atoms. The number of rotatable bonds is 3. The number of fused-ring (bicyclic) bond motifs is 1. The highest BCUT2D eigenvalue weighted by molar-refractivity contribution is 5.78. The van der Waals surface area contributed by atoms with Gasteiger partial charge in [-0.1, -0.05) is 12.1 Å². The fourth-order valence-electron chi connectivity index (χ4n) is 2.53. The van der Waals surface area contributed by atoms with Crippen LogP contribution >= 0.6 is 0 Å². The minimum Gasteiger partial charge on any atom is -0.497 e. The molecule has 0 aliphatic carbocycles. The summed E-state index contributed by atoms with van der Waals surface area (Å²) in [7, 11) is 1.63. The molecule has 21 heavy (non-hydrogen) atoms. The summed E-state index contributed by atoms with van der Waals surface area (Å²) in [6, 6.07) is 12.3. The minimum absolute atomic E-state index is 0.00799. The van der Waals surface area contributed by atoms with Gasteiger partial charge in [0, 0.05) is 6.07 Å². The van der Waals surface area contributed by atoms with Crippen molar-refractivity contribution in [2.75, 3.05) is 12.8 Å². The quantitative estimate of drug-likeness (QED) is 0.802. The molecule has 3 rings (SSSR count). The molecule has 0 aliphatic heterocycles. The number of nitrogen functional groups attached to an aromatic ring is 1. The first-order valence-electron chi connectivity index (χ1n) is 6.67. The number of methoxy groups -OCH3 is 1. The van der Waals surface area contributed by atoms with Crippen LogP contribution in [0.25, 0.3) is 11.0 Å². The second-order valence-electron chi connectivity index (χ2n) is 4.92. The van der Waals surface area contributed by atoms with Gasteiger partial charge >= 0.3 is 0 Å². The molecule has 2 aromatic carbocycles. The number of hydrogen-bond acceptors (Lipinski definition) is 3. The molecule has 0 radical (unpaired) electrons. The van der Waals surface area contributed by atoms with Crippen LogP contribution < -0.4 is 10.5 Å². The first-order chi connectivity index (χ1) is 10.1. The molecule has 0 saturated heterocycles. The standard InChI is InChI=1S/C16H16FN3O/c1-10(11-3-6-13(21-2)7-4-11)20-15-8-5-12(17)9-14(15)19-16(20)18/h3-10H,1-2H3,(H2,18,19). The summed E-state index contributed by atoms with van der Waals surface area (Å²) in [5.74, 6) is 0.861. The van der Waals surface area contributed by atoms with Gasteiger partial charge in [-0.15, -0.1) is 0 Å². The van der Waals surface area contributed by atoms with Gasteiger partial charge in [-0.05, 0) is 36.8 Å². The highest BCUT2D eigenvalue weighted by Crippen LogP contribution is 2.28. The van der Waals surface area contributed by atoms with Gasteiger partial charge in [0.1, 0.15) is 11.6 Å². The Labute approximate surface area is 122 Å². The Morgan fingerprint density at radius 1 is 1.19 bits per heavy atom. The normalized spacial score (nSPS) is 12.5. The van der Waals surface area contributed by atoms with Crippen molar-refractivity contribution in [3.05, 3.63) is 53.8 Å². The van der Waals surface area contributed by atoms with E-state index in [1.807, 2.05) is 35.8 Å². The van der Waals surface area contributed by atoms with Crippen LogP contribution in [0.5, 0.6) is 5.75 Å². The molecule has 1 heterocycles. The number of benzene rings is 2. The van der Waals surface area contributed by atoms with E-state index < -0.39 is 0 Å². The lowest BCUT2D eigenvalue weighted by atomic mass is 10.1. The molecule has 3 aromatic rings. The monoisotopic (exact) mass is 285 g/mol. The van der Waals surface area contributed by atoms with E-state index in [1.54, 1.807) is 13.2 Å². The van der Waals surface area contributed by atoms with Gasteiger partial charge in [-0.25, -0.2) is 9.37 Å². The third kappa shape index (κ3) is 2.31. The van der Waals surface area contributed by atoms with Gasteiger partial charge in [0.15, 0.2) is 0 Å². The van der Waals surface area contributed by atoms with Crippen molar-refractivity contribution in [1.29, 1.82) is 0 Å². The average molecular weight is 285 g/mol. The second kappa shape index (κ2) is 5.09. The number of aromatic nitrogens is 2. The minimum atomic E-state index is -0.316. The average Bonchev–Trinajstić information content (AvgIpc) is 2.81. The van der Waals surface area contributed by atoms with Crippen molar-refractivity contribution in [3.63, 3.8) is 0 Å². The lowest BCUT2D eigenvalue weighted by Crippen LogP contribution is -2.10. The summed E-state index contributed by atoms with van der Waals surface area (Å²) < 4.78 is 20.3. The Balaban J connectivity index is 2.07. The molecule has 108 valence electrons. The van der Waals surface area contributed by atoms with Gasteiger partial charge in [-0.3, -0.25) is 0 Å². The molecule has 1 unspecified atom stereocenters. The highest BCUT2D eigenvalue weighted by atomic mass is 19.1. The van der Waals surface area contributed by atoms with Crippen molar-refractivity contribution in [1.82, 2.24) is 9.55 Å². The SMILES string of the molecule is COc1ccc(C(C)n2c(N)nc3cc(F)ccc32)cc1. The fraction of sp³-hybridized carbons (Fsp3) is 0.188. The summed E-state index contributed by atoms with van der Waals surface area (Å²) in [6.07, 6.45) is 0. The molecule has 5 heteroatoms. The van der Waals surface area contributed by atoms with Crippen LogP contribution in [-0.4, -0.2) is 16.7 Å². The van der Waals surface area contributed by atoms with E-state index in [0.717, 1.165) is 16.8 Å². The number of hydrogen-bond donors (Lipinski definition) is 1. The van der Waals surface area contributed by atoms with Crippen LogP contribution in [0.15, 0.2) is 42.5 Å². The van der Waals surface area contributed by atoms with Gasteiger partial charge in [0.25, 0.3) is 0 Å². The number of imidazole rings is 1. The predicted molar refractivity (Wildman–Crippen MR) is 80.9 cm³/mol. The van der Waals surface area contributed by atoms with E-state index in [-0.39, 0.29) is 11.9 Å². The third-order valence-corrected chi connectivity index (χ3v) is 3.66. The molecule has 0 amide bonds. The maximum Gasteiger partial charge on any atom is 0.201 e. The molecular weight excluding hydrogens is 269 g/mol. The van der Waals surface area contributed by atoms with Crippen LogP contribution in [0.4, 0.5) is 10.3 Å². The Bertz CT molecular complexity index is 780. The number of halogens is 1. The zero-order valence-electron chi connectivity index (χ0n) is 11.9. The molecule has 0 aliphatic rings. The Morgan fingerprint density at radius 3 is 2.57 bits per heavy atom. The molecule has 4 nitrogen and oxygen atoms in total. The second-order valence-corrected chi connectivity index (χ2v) is 4.92. The van der Waals surface area contributed by atoms with E-state index in [9.17, 15) is 4.39 Å². The molecule has 0 saturated carbocycles. The summed E-state index contributed by atoms with van der Waals surface area (Å²) in [4.78, 5) is 4.23. The largest absolute Gasteiger partial charge is 0.497 e. The van der Waals surface area contributed by atoms with E-state index in [1.165, 1.54) is 12.1 Å². The van der Waals surface area contributed by atoms with Gasteiger partial charge in [0.05, 0.1) is 24.2 Å². The first-order valence-corrected chi connectivity index (χ1v) is 6.67. The Morgan fingerprint density at radius 2 is 1.90 bits per heavy atom. The lowest BCUT2D eigenvalue weighted by Gasteiger charge is -2.17. The Kier molecular flexibility index (Phi) is 3.25. The maximum atomic E-state index is 13.3. The molecular formula is C16H16FN3O. The number of anilines is 1. The van der Waals surface area contributed by atoms with E-state index in [4.69, 9.17) is 10.5 Å². The van der Waals surface area contributed by atoms with Crippen molar-refractivity contribution in [2.24, 2.45) is 0 Å². The van der Waals surface area contributed by atoms with Crippen LogP contribution in [0.1, 0.15) is 18.5 Å². The van der Waals surface area contributed by atoms with Crippen molar-refractivity contribution < 1.29 is 9.13 Å². The lowest BCUT2D eigenvalue weighted by molar-refractivity contribution is 0.414. The van der Waals surface area contributed by atoms with E-state index in [2.05, 4.69) is 4.98 Å². The van der Waals surface area contributed by atoms with Crippen LogP contribution in [-0.2, 0) is 0 Å². The Hall–Kier alpha value is -2.56. The number of nitrogens with zero attached hydrogens (tertiary/aromatic N) is 2. The smallest absolute Gasteiger partial charge is 0.201 e. The first kappa shape index (κ1) is 13.4. The predicted octanol–water partition coefficient (Wildman–Crippen LogP) is 3.38. The summed E-state index contributed by atoms with van der Waals surface area (Å²) >= 11 is 0. The number of nitrogens with two attached hydrogens (primary N) is 1. The van der Waals surface area contributed by atoms with Crippen molar-refractivity contribution >= 4 is 17.0 Å². The van der Waals surface area contributed by atoms with E-state index >= 15 is 0 Å². The van der Waals surface area contributed by atoms with Gasteiger partial charge in [0.2, 0.25) is 5.95 Å². The summed E-state index contributed by atoms with van der Waals surface area (Å²) in [6.45, 7) is 2.03. The van der Waals surface area contributed by atoms with Gasteiger partial charge < -0.3 is 15.0 Å². The third-order valence-electron chi connectivity index (χ3n) is 3.66. The molecule has 0 fully saturated rings. The fourth-order valence-corrected chi connectivity index (χ4v) is 2.53. The zero-order valence-corrected chi connectivity index (χ0v) is 11.9. The topological polar surface area (TPSA) is 53.1 Å². The van der Waals surface area contributed by atoms with Gasteiger partial charge in [-0.2, -0.15) is 0 Å². The van der Waals surface area contributed by atoms with Crippen molar-refractivity contribution in [2.45, 2.75) is 13.0 Å². The highest BCUT2D eigenvalue weighted by Gasteiger charge is 2.16. The maximum absolute atomic E-state index is 13.3. The summed E-state index contributed by atoms with van der Waals surface area (Å²) in [5.41, 5.74) is 8.46. The zero-order chi connectivity index (χ0) is 15.0. The summed E-state index contributed by atoms with van der Waals surface area (Å²) in [5, 5.41) is 0. The van der Waals surface area contributed by atoms with Crippen LogP contribution in [0.2, 0.25) is 0 Å². The van der Waals surface area contributed by atoms with Crippen LogP contribution in [0.3, 0.4) is 0 Å². The molecule has 0 spiro atoms. The molecule has 1 atom stereocenters.